The van der Waals surface area contributed by atoms with E-state index in [-0.39, 0.29) is 16.4 Å². The summed E-state index contributed by atoms with van der Waals surface area (Å²) in [5, 5.41) is 5.45. The molecule has 2 aromatic rings. The van der Waals surface area contributed by atoms with Crippen LogP contribution in [0.2, 0.25) is 0 Å². The van der Waals surface area contributed by atoms with Crippen molar-refractivity contribution in [3.63, 3.8) is 0 Å². The first-order valence-electron chi connectivity index (χ1n) is 8.17. The molecule has 0 bridgehead atoms. The van der Waals surface area contributed by atoms with E-state index in [1.54, 1.807) is 6.07 Å². The molecule has 1 fully saturated rings. The van der Waals surface area contributed by atoms with E-state index in [2.05, 4.69) is 20.8 Å². The Kier molecular flexibility index (Phi) is 4.62. The molecule has 1 aliphatic rings. The molecule has 0 amide bonds. The quantitative estimate of drug-likeness (QED) is 0.830. The Labute approximate surface area is 148 Å². The average molecular weight is 361 g/mol. The van der Waals surface area contributed by atoms with Gasteiger partial charge in [-0.05, 0) is 29.2 Å². The zero-order valence-corrected chi connectivity index (χ0v) is 15.5. The van der Waals surface area contributed by atoms with Crippen molar-refractivity contribution in [2.45, 2.75) is 37.2 Å². The van der Waals surface area contributed by atoms with Gasteiger partial charge in [0.25, 0.3) is 0 Å². The maximum atomic E-state index is 12.1. The standard InChI is InChI=1S/C19H23NO4S/c1-19(2,3)13-8-9-18(25(20,21)22)16(10-13)15-6-4-5-7-17(15)24-12-14-11-23-14/h4-10,14H,11-12H2,1-3H3,(H2,20,21,22). The molecular weight excluding hydrogens is 338 g/mol. The zero-order valence-electron chi connectivity index (χ0n) is 14.7. The number of sulfonamides is 1. The summed E-state index contributed by atoms with van der Waals surface area (Å²) in [6.45, 7) is 7.38. The third kappa shape index (κ3) is 4.21. The third-order valence-electron chi connectivity index (χ3n) is 4.16. The minimum atomic E-state index is -3.86. The Balaban J connectivity index is 2.14. The fraction of sp³-hybridized carbons (Fsp3) is 0.368. The Bertz CT molecular complexity index is 881. The van der Waals surface area contributed by atoms with E-state index in [0.29, 0.717) is 30.1 Å². The molecule has 1 aliphatic heterocycles. The van der Waals surface area contributed by atoms with Crippen LogP contribution in [0, 0.1) is 0 Å². The summed E-state index contributed by atoms with van der Waals surface area (Å²) < 4.78 is 35.2. The number of hydrogen-bond acceptors (Lipinski definition) is 4. The zero-order chi connectivity index (χ0) is 18.2. The lowest BCUT2D eigenvalue weighted by Gasteiger charge is -2.22. The largest absolute Gasteiger partial charge is 0.490 e. The predicted octanol–water partition coefficient (Wildman–Crippen LogP) is 3.08. The fourth-order valence-corrected chi connectivity index (χ4v) is 3.35. The molecule has 2 N–H and O–H groups in total. The van der Waals surface area contributed by atoms with Crippen molar-refractivity contribution < 1.29 is 17.9 Å². The highest BCUT2D eigenvalue weighted by Gasteiger charge is 2.25. The molecule has 0 saturated carbocycles. The SMILES string of the molecule is CC(C)(C)c1ccc(S(N)(=O)=O)c(-c2ccccc2OCC2CO2)c1. The smallest absolute Gasteiger partial charge is 0.238 e. The monoisotopic (exact) mass is 361 g/mol. The molecule has 1 unspecified atom stereocenters. The van der Waals surface area contributed by atoms with Gasteiger partial charge in [0.15, 0.2) is 0 Å². The molecule has 6 heteroatoms. The van der Waals surface area contributed by atoms with E-state index in [0.717, 1.165) is 5.56 Å². The van der Waals surface area contributed by atoms with Gasteiger partial charge in [-0.3, -0.25) is 0 Å². The molecule has 25 heavy (non-hydrogen) atoms. The lowest BCUT2D eigenvalue weighted by Crippen LogP contribution is -2.16. The van der Waals surface area contributed by atoms with Crippen molar-refractivity contribution in [2.24, 2.45) is 5.14 Å². The average Bonchev–Trinajstić information content (AvgIpc) is 3.35. The van der Waals surface area contributed by atoms with Gasteiger partial charge < -0.3 is 9.47 Å². The molecule has 0 aliphatic carbocycles. The van der Waals surface area contributed by atoms with Gasteiger partial charge in [-0.2, -0.15) is 0 Å². The van der Waals surface area contributed by atoms with Crippen LogP contribution < -0.4 is 9.88 Å². The minimum Gasteiger partial charge on any atom is -0.490 e. The number of rotatable bonds is 5. The molecule has 2 aromatic carbocycles. The number of benzene rings is 2. The van der Waals surface area contributed by atoms with Crippen molar-refractivity contribution in [1.29, 1.82) is 0 Å². The van der Waals surface area contributed by atoms with E-state index < -0.39 is 10.0 Å². The van der Waals surface area contributed by atoms with Gasteiger partial charge in [-0.15, -0.1) is 0 Å². The maximum Gasteiger partial charge on any atom is 0.238 e. The van der Waals surface area contributed by atoms with E-state index in [9.17, 15) is 8.42 Å². The summed E-state index contributed by atoms with van der Waals surface area (Å²) in [5.74, 6) is 0.619. The normalized spacial score (nSPS) is 17.4. The van der Waals surface area contributed by atoms with Crippen LogP contribution in [0.5, 0.6) is 5.75 Å². The molecule has 0 spiro atoms. The van der Waals surface area contributed by atoms with Crippen LogP contribution in [0.15, 0.2) is 47.4 Å². The van der Waals surface area contributed by atoms with Gasteiger partial charge in [-0.25, -0.2) is 13.6 Å². The van der Waals surface area contributed by atoms with E-state index in [4.69, 9.17) is 14.6 Å². The lowest BCUT2D eigenvalue weighted by molar-refractivity contribution is 0.264. The molecule has 5 nitrogen and oxygen atoms in total. The second kappa shape index (κ2) is 6.44. The van der Waals surface area contributed by atoms with E-state index in [1.165, 1.54) is 0 Å². The highest BCUT2D eigenvalue weighted by molar-refractivity contribution is 7.89. The van der Waals surface area contributed by atoms with Crippen LogP contribution >= 0.6 is 0 Å². The number of para-hydroxylation sites is 1. The van der Waals surface area contributed by atoms with Crippen LogP contribution in [0.3, 0.4) is 0 Å². The van der Waals surface area contributed by atoms with Crippen LogP contribution in [-0.2, 0) is 20.2 Å². The summed E-state index contributed by atoms with van der Waals surface area (Å²) >= 11 is 0. The van der Waals surface area contributed by atoms with E-state index in [1.807, 2.05) is 36.4 Å². The summed E-state index contributed by atoms with van der Waals surface area (Å²) in [5.41, 5.74) is 2.17. The molecule has 3 rings (SSSR count). The van der Waals surface area contributed by atoms with Crippen molar-refractivity contribution in [2.75, 3.05) is 13.2 Å². The Morgan fingerprint density at radius 1 is 1.16 bits per heavy atom. The Morgan fingerprint density at radius 2 is 1.84 bits per heavy atom. The van der Waals surface area contributed by atoms with Gasteiger partial charge in [0, 0.05) is 11.1 Å². The van der Waals surface area contributed by atoms with Crippen LogP contribution in [0.1, 0.15) is 26.3 Å². The molecular formula is C19H23NO4S. The van der Waals surface area contributed by atoms with Crippen LogP contribution in [0.25, 0.3) is 11.1 Å². The molecule has 0 radical (unpaired) electrons. The summed E-state index contributed by atoms with van der Waals surface area (Å²) in [7, 11) is -3.86. The Hall–Kier alpha value is -1.89. The first-order valence-corrected chi connectivity index (χ1v) is 9.72. The molecule has 1 atom stereocenters. The van der Waals surface area contributed by atoms with Gasteiger partial charge >= 0.3 is 0 Å². The van der Waals surface area contributed by atoms with Crippen LogP contribution in [-0.4, -0.2) is 27.7 Å². The lowest BCUT2D eigenvalue weighted by atomic mass is 9.85. The summed E-state index contributed by atoms with van der Waals surface area (Å²) in [6.07, 6.45) is 0.117. The number of primary sulfonamides is 1. The van der Waals surface area contributed by atoms with Crippen molar-refractivity contribution in [3.05, 3.63) is 48.0 Å². The molecule has 1 saturated heterocycles. The third-order valence-corrected chi connectivity index (χ3v) is 5.13. The number of ether oxygens (including phenoxy) is 2. The highest BCUT2D eigenvalue weighted by atomic mass is 32.2. The first-order chi connectivity index (χ1) is 11.7. The number of epoxide rings is 1. The van der Waals surface area contributed by atoms with Crippen LogP contribution in [0.4, 0.5) is 0 Å². The van der Waals surface area contributed by atoms with Crippen molar-refractivity contribution >= 4 is 10.0 Å². The fourth-order valence-electron chi connectivity index (χ4n) is 2.62. The molecule has 134 valence electrons. The topological polar surface area (TPSA) is 81.9 Å². The summed E-state index contributed by atoms with van der Waals surface area (Å²) in [6, 6.07) is 12.7. The van der Waals surface area contributed by atoms with Gasteiger partial charge in [-0.1, -0.05) is 45.0 Å². The van der Waals surface area contributed by atoms with Crippen molar-refractivity contribution in [3.8, 4) is 16.9 Å². The van der Waals surface area contributed by atoms with Gasteiger partial charge in [0.1, 0.15) is 18.5 Å². The molecule has 1 heterocycles. The van der Waals surface area contributed by atoms with E-state index >= 15 is 0 Å². The number of hydrogen-bond donors (Lipinski definition) is 1. The van der Waals surface area contributed by atoms with Gasteiger partial charge in [0.05, 0.1) is 11.5 Å². The highest BCUT2D eigenvalue weighted by Crippen LogP contribution is 2.37. The predicted molar refractivity (Wildman–Crippen MR) is 97.2 cm³/mol. The molecule has 0 aromatic heterocycles. The minimum absolute atomic E-state index is 0.0965. The van der Waals surface area contributed by atoms with Gasteiger partial charge in [0.2, 0.25) is 10.0 Å². The maximum absolute atomic E-state index is 12.1. The first kappa shape index (κ1) is 17.9. The Morgan fingerprint density at radius 3 is 2.44 bits per heavy atom. The number of nitrogens with two attached hydrogens (primary N) is 1. The second-order valence-electron chi connectivity index (χ2n) is 7.27. The summed E-state index contributed by atoms with van der Waals surface area (Å²) in [4.78, 5) is 0.0965. The van der Waals surface area contributed by atoms with Crippen molar-refractivity contribution in [1.82, 2.24) is 0 Å². The second-order valence-corrected chi connectivity index (χ2v) is 8.80.